The van der Waals surface area contributed by atoms with Gasteiger partial charge in [0.15, 0.2) is 0 Å². The molecule has 0 unspecified atom stereocenters. The predicted molar refractivity (Wildman–Crippen MR) is 203 cm³/mol. The number of aryl methyl sites for hydroxylation is 2. The van der Waals surface area contributed by atoms with Gasteiger partial charge in [-0.2, -0.15) is 28.3 Å². The number of hydrogen-bond donors (Lipinski definition) is 0. The van der Waals surface area contributed by atoms with Gasteiger partial charge in [0.05, 0.1) is 0 Å². The van der Waals surface area contributed by atoms with E-state index < -0.39 is 0 Å². The fourth-order valence-corrected chi connectivity index (χ4v) is 8.28. The number of halogens is 2. The predicted octanol–water partition coefficient (Wildman–Crippen LogP) is 6.28. The number of fused-ring (bicyclic) bond motifs is 5. The van der Waals surface area contributed by atoms with Crippen molar-refractivity contribution in [3.63, 3.8) is 0 Å². The third-order valence-corrected chi connectivity index (χ3v) is 11.1. The fourth-order valence-electron chi connectivity index (χ4n) is 7.80. The van der Waals surface area contributed by atoms with Crippen LogP contribution in [0.3, 0.4) is 0 Å². The summed E-state index contributed by atoms with van der Waals surface area (Å²) in [5.41, 5.74) is 21.9. The third-order valence-electron chi connectivity index (χ3n) is 10.3. The van der Waals surface area contributed by atoms with Gasteiger partial charge in [-0.15, -0.1) is 11.6 Å². The minimum absolute atomic E-state index is 0. The Hall–Kier alpha value is -2.18. The van der Waals surface area contributed by atoms with E-state index >= 15 is 0 Å². The molecule has 0 spiro atoms. The van der Waals surface area contributed by atoms with Crippen molar-refractivity contribution in [2.24, 2.45) is 0 Å². The van der Waals surface area contributed by atoms with Crippen LogP contribution in [0.5, 0.6) is 0 Å². The van der Waals surface area contributed by atoms with E-state index in [0.29, 0.717) is 5.92 Å². The van der Waals surface area contributed by atoms with Crippen LogP contribution in [-0.4, -0.2) is 3.71 Å². The van der Waals surface area contributed by atoms with Crippen molar-refractivity contribution in [2.45, 2.75) is 119 Å². The molecule has 49 heavy (non-hydrogen) atoms. The van der Waals surface area contributed by atoms with Gasteiger partial charge in [-0.05, 0) is 58.4 Å². The van der Waals surface area contributed by atoms with E-state index in [9.17, 15) is 0 Å². The molecule has 0 aromatic heterocycles. The van der Waals surface area contributed by atoms with Crippen molar-refractivity contribution in [3.8, 4) is 11.1 Å². The van der Waals surface area contributed by atoms with E-state index in [1.54, 1.807) is 0 Å². The summed E-state index contributed by atoms with van der Waals surface area (Å²) in [6.45, 7) is 29.2. The molecule has 0 atom stereocenters. The van der Waals surface area contributed by atoms with Crippen molar-refractivity contribution >= 4 is 14.9 Å². The molecule has 7 rings (SSSR count). The van der Waals surface area contributed by atoms with Crippen molar-refractivity contribution in [3.05, 3.63) is 134 Å². The number of benzene rings is 3. The van der Waals surface area contributed by atoms with Crippen LogP contribution in [0.15, 0.2) is 66.7 Å². The summed E-state index contributed by atoms with van der Waals surface area (Å²) in [5.74, 6) is 0.675. The van der Waals surface area contributed by atoms with Crippen LogP contribution < -0.4 is 24.8 Å². The van der Waals surface area contributed by atoms with Crippen LogP contribution in [0, 0.1) is 19.9 Å². The molecule has 0 saturated carbocycles. The summed E-state index contributed by atoms with van der Waals surface area (Å²) < 4.78 is 2.21. The molecule has 3 aliphatic carbocycles. The topological polar surface area (TPSA) is 0 Å². The quantitative estimate of drug-likeness (QED) is 0.186. The van der Waals surface area contributed by atoms with Crippen LogP contribution in [0.2, 0.25) is 0 Å². The van der Waals surface area contributed by atoms with Crippen molar-refractivity contribution in [1.82, 2.24) is 0 Å². The Morgan fingerprint density at radius 2 is 1.33 bits per heavy atom. The standard InChI is InChI=1S/C25H25.C11H14.C10H15.2ClH.Zr/c1-14-12-24(3,4)22-8-16-7-17-9-23-19(15(2)13-25(23,5)6)11-21(17)20(16)10-18(14)22;1-9-5-7-10(8-6-9)11(2,3)4;1-7(2)10-6-8(3)5-9(10)4;;;/h8-12H,7H2,1-6H3;1,5-8H,2-4H3;5-7H,1-4H3;2*1H;/q-1;;-1;;;+2/p-2. The molecular formula is C46H54Cl2Zr-2. The molecule has 0 heterocycles. The summed E-state index contributed by atoms with van der Waals surface area (Å²) in [7, 11) is 0. The van der Waals surface area contributed by atoms with Gasteiger partial charge >= 0.3 is 89.5 Å². The zero-order chi connectivity index (χ0) is 34.6. The van der Waals surface area contributed by atoms with Gasteiger partial charge in [0.1, 0.15) is 0 Å². The first-order chi connectivity index (χ1) is 21.8. The number of rotatable bonds is 2. The minimum atomic E-state index is 0. The van der Waals surface area contributed by atoms with Crippen LogP contribution in [0.1, 0.15) is 143 Å². The first kappa shape index (κ1) is 41.2. The Kier molecular flexibility index (Phi) is 12.8. The van der Waals surface area contributed by atoms with E-state index in [1.807, 2.05) is 0 Å². The molecule has 3 heteroatoms. The maximum absolute atomic E-state index is 3.65. The second-order valence-corrected chi connectivity index (χ2v) is 17.3. The normalized spacial score (nSPS) is 15.5. The minimum Gasteiger partial charge on any atom is -1.00 e. The summed E-state index contributed by atoms with van der Waals surface area (Å²) in [6.07, 6.45) is 7.13. The average Bonchev–Trinajstić information content (AvgIpc) is 3.65. The molecular weight excluding hydrogens is 715 g/mol. The van der Waals surface area contributed by atoms with E-state index in [0.717, 1.165) is 6.42 Å². The second-order valence-electron chi connectivity index (χ2n) is 16.6. The molecule has 3 aliphatic rings. The summed E-state index contributed by atoms with van der Waals surface area (Å²) in [6, 6.07) is 23.1. The Balaban J connectivity index is 0.000000228. The van der Waals surface area contributed by atoms with Crippen molar-refractivity contribution in [1.29, 1.82) is 0 Å². The molecule has 0 radical (unpaired) electrons. The molecule has 4 aromatic carbocycles. The molecule has 0 fully saturated rings. The van der Waals surface area contributed by atoms with Gasteiger partial charge in [-0.3, -0.25) is 6.08 Å². The van der Waals surface area contributed by atoms with E-state index in [2.05, 4.69) is 167 Å². The zero-order valence-electron chi connectivity index (χ0n) is 32.0. The Labute approximate surface area is 325 Å². The van der Waals surface area contributed by atoms with E-state index in [1.165, 1.54) is 108 Å². The molecule has 0 amide bonds. The Morgan fingerprint density at radius 3 is 1.80 bits per heavy atom. The average molecular weight is 769 g/mol. The molecule has 0 saturated heterocycles. The van der Waals surface area contributed by atoms with Gasteiger partial charge in [0.25, 0.3) is 0 Å². The Bertz CT molecular complexity index is 1820. The first-order valence-electron chi connectivity index (χ1n) is 17.3. The number of hydrogen-bond acceptors (Lipinski definition) is 0. The van der Waals surface area contributed by atoms with Crippen LogP contribution >= 0.6 is 0 Å². The van der Waals surface area contributed by atoms with Crippen LogP contribution in [0.4, 0.5) is 0 Å². The SMILES string of the molecule is CC(C)(C)c1ccc([CH]=[Zr+2])cc1.CC1=[C-]C(C)(C)c2cc3c(cc21)-c1cc2c(cc1C3)C(C)(C)C=C2C.Cc1cc(C(C)C)c(C)[cH-]1.[Cl-].[Cl-]. The second kappa shape index (κ2) is 15.2. The molecule has 0 N–H and O–H groups in total. The zero-order valence-corrected chi connectivity index (χ0v) is 35.9. The van der Waals surface area contributed by atoms with Crippen LogP contribution in [0.25, 0.3) is 22.3 Å². The first-order valence-corrected chi connectivity index (χ1v) is 18.8. The monoisotopic (exact) mass is 766 g/mol. The van der Waals surface area contributed by atoms with E-state index in [4.69, 9.17) is 0 Å². The molecule has 0 nitrogen and oxygen atoms in total. The summed E-state index contributed by atoms with van der Waals surface area (Å²) in [4.78, 5) is 0. The molecule has 4 aromatic rings. The smallest absolute Gasteiger partial charge is 0.00873 e. The van der Waals surface area contributed by atoms with Gasteiger partial charge in [-0.1, -0.05) is 91.9 Å². The van der Waals surface area contributed by atoms with Crippen LogP contribution in [-0.2, 0) is 46.9 Å². The van der Waals surface area contributed by atoms with Gasteiger partial charge in [0.2, 0.25) is 0 Å². The summed E-state index contributed by atoms with van der Waals surface area (Å²) >= 11 is 1.46. The Morgan fingerprint density at radius 1 is 0.776 bits per heavy atom. The third kappa shape index (κ3) is 8.49. The largest absolute Gasteiger partial charge is 1.00 e. The van der Waals surface area contributed by atoms with Gasteiger partial charge in [-0.25, -0.2) is 11.6 Å². The van der Waals surface area contributed by atoms with Gasteiger partial charge in [0, 0.05) is 5.41 Å². The van der Waals surface area contributed by atoms with E-state index in [-0.39, 0.29) is 41.1 Å². The molecule has 0 bridgehead atoms. The van der Waals surface area contributed by atoms with Crippen molar-refractivity contribution < 1.29 is 49.0 Å². The maximum Gasteiger partial charge on any atom is 0.00873 e. The van der Waals surface area contributed by atoms with Gasteiger partial charge < -0.3 is 24.8 Å². The maximum atomic E-state index is 3.65. The van der Waals surface area contributed by atoms with Crippen molar-refractivity contribution in [2.75, 3.05) is 0 Å². The number of allylic oxidation sites excluding steroid dienone is 4. The molecule has 0 aliphatic heterocycles. The molecule has 258 valence electrons. The summed E-state index contributed by atoms with van der Waals surface area (Å²) in [5, 5.41) is 0. The fraction of sp³-hybridized carbons (Fsp3) is 0.391.